The average molecular weight is 447 g/mol. The van der Waals surface area contributed by atoms with Gasteiger partial charge >= 0.3 is 0 Å². The number of rotatable bonds is 13. The van der Waals surface area contributed by atoms with E-state index in [1.807, 2.05) is 0 Å². The van der Waals surface area contributed by atoms with Crippen molar-refractivity contribution in [3.8, 4) is 0 Å². The topological polar surface area (TPSA) is 18.5 Å². The minimum absolute atomic E-state index is 0.0907. The molecular weight excluding hydrogens is 392 g/mol. The molecule has 0 amide bonds. The Labute approximate surface area is 200 Å². The van der Waals surface area contributed by atoms with Gasteiger partial charge in [0.1, 0.15) is 0 Å². The van der Waals surface area contributed by atoms with E-state index in [0.717, 1.165) is 36.9 Å². The maximum absolute atomic E-state index is 6.01. The molecule has 0 unspecified atom stereocenters. The van der Waals surface area contributed by atoms with Gasteiger partial charge in [0.15, 0.2) is 6.29 Å². The largest absolute Gasteiger partial charge is 0.349 e. The molecule has 2 aliphatic carbocycles. The highest BCUT2D eigenvalue weighted by molar-refractivity contribution is 4.95. The zero-order valence-electron chi connectivity index (χ0n) is 21.6. The second-order valence-corrected chi connectivity index (χ2v) is 11.4. The Morgan fingerprint density at radius 1 is 0.562 bits per heavy atom. The third kappa shape index (κ3) is 9.49. The van der Waals surface area contributed by atoms with Crippen LogP contribution in [0, 0.1) is 29.6 Å². The molecule has 0 aromatic carbocycles. The molecule has 0 bridgehead atoms. The summed E-state index contributed by atoms with van der Waals surface area (Å²) in [6.45, 7) is 6.38. The van der Waals surface area contributed by atoms with Crippen LogP contribution in [0.1, 0.15) is 129 Å². The van der Waals surface area contributed by atoms with Gasteiger partial charge in [0.25, 0.3) is 0 Å². The second-order valence-electron chi connectivity index (χ2n) is 11.4. The normalized spacial score (nSPS) is 34.2. The molecule has 0 aromatic heterocycles. The molecule has 0 N–H and O–H groups in total. The SMILES string of the molecule is CCCCCCCC1COC(/C=C/C2CCC(C3CCC(CCCCC)CC3)CC2)OC1. The predicted molar refractivity (Wildman–Crippen MR) is 137 cm³/mol. The van der Waals surface area contributed by atoms with Gasteiger partial charge in [-0.2, -0.15) is 0 Å². The molecular formula is C30H54O2. The van der Waals surface area contributed by atoms with Gasteiger partial charge in [0.2, 0.25) is 0 Å². The van der Waals surface area contributed by atoms with Gasteiger partial charge in [-0.05, 0) is 74.7 Å². The lowest BCUT2D eigenvalue weighted by molar-refractivity contribution is -0.175. The fraction of sp³-hybridized carbons (Fsp3) is 0.933. The molecule has 3 aliphatic rings. The van der Waals surface area contributed by atoms with E-state index in [1.165, 1.54) is 116 Å². The van der Waals surface area contributed by atoms with E-state index < -0.39 is 0 Å². The van der Waals surface area contributed by atoms with E-state index in [2.05, 4.69) is 26.0 Å². The van der Waals surface area contributed by atoms with Crippen LogP contribution in [0.25, 0.3) is 0 Å². The van der Waals surface area contributed by atoms with Crippen molar-refractivity contribution in [2.24, 2.45) is 29.6 Å². The number of ether oxygens (including phenoxy) is 2. The Morgan fingerprint density at radius 3 is 1.75 bits per heavy atom. The van der Waals surface area contributed by atoms with Gasteiger partial charge in [0, 0.05) is 5.92 Å². The van der Waals surface area contributed by atoms with E-state index in [1.54, 1.807) is 0 Å². The van der Waals surface area contributed by atoms with Gasteiger partial charge < -0.3 is 9.47 Å². The highest BCUT2D eigenvalue weighted by Gasteiger charge is 2.30. The number of unbranched alkanes of at least 4 members (excludes halogenated alkanes) is 6. The average Bonchev–Trinajstić information content (AvgIpc) is 2.84. The lowest BCUT2D eigenvalue weighted by Crippen LogP contribution is -2.31. The fourth-order valence-electron chi connectivity index (χ4n) is 6.56. The summed E-state index contributed by atoms with van der Waals surface area (Å²) in [4.78, 5) is 0. The molecule has 0 radical (unpaired) electrons. The van der Waals surface area contributed by atoms with Crippen LogP contribution in [0.3, 0.4) is 0 Å². The van der Waals surface area contributed by atoms with E-state index in [0.29, 0.717) is 5.92 Å². The van der Waals surface area contributed by atoms with Crippen molar-refractivity contribution in [3.63, 3.8) is 0 Å². The molecule has 0 atom stereocenters. The first-order valence-electron chi connectivity index (χ1n) is 14.7. The summed E-state index contributed by atoms with van der Waals surface area (Å²) in [5.41, 5.74) is 0. The third-order valence-corrected chi connectivity index (χ3v) is 8.84. The highest BCUT2D eigenvalue weighted by atomic mass is 16.7. The summed E-state index contributed by atoms with van der Waals surface area (Å²) < 4.78 is 12.0. The Bertz CT molecular complexity index is 477. The monoisotopic (exact) mass is 446 g/mol. The summed E-state index contributed by atoms with van der Waals surface area (Å²) in [5.74, 6) is 4.45. The van der Waals surface area contributed by atoms with Gasteiger partial charge in [0.05, 0.1) is 13.2 Å². The molecule has 0 spiro atoms. The van der Waals surface area contributed by atoms with Crippen LogP contribution < -0.4 is 0 Å². The molecule has 3 rings (SSSR count). The van der Waals surface area contributed by atoms with Crippen molar-refractivity contribution >= 4 is 0 Å². The Kier molecular flexibility index (Phi) is 12.8. The smallest absolute Gasteiger partial charge is 0.176 e. The van der Waals surface area contributed by atoms with E-state index in [9.17, 15) is 0 Å². The lowest BCUT2D eigenvalue weighted by atomic mass is 9.68. The van der Waals surface area contributed by atoms with Crippen LogP contribution >= 0.6 is 0 Å². The summed E-state index contributed by atoms with van der Waals surface area (Å²) in [5, 5.41) is 0. The molecule has 1 saturated heterocycles. The van der Waals surface area contributed by atoms with Gasteiger partial charge in [-0.3, -0.25) is 0 Å². The molecule has 2 nitrogen and oxygen atoms in total. The van der Waals surface area contributed by atoms with Gasteiger partial charge in [-0.15, -0.1) is 0 Å². The number of hydrogen-bond acceptors (Lipinski definition) is 2. The lowest BCUT2D eigenvalue weighted by Gasteiger charge is -2.37. The fourth-order valence-corrected chi connectivity index (χ4v) is 6.56. The van der Waals surface area contributed by atoms with Crippen LogP contribution in [0.4, 0.5) is 0 Å². The van der Waals surface area contributed by atoms with Gasteiger partial charge in [-0.25, -0.2) is 0 Å². The first-order chi connectivity index (χ1) is 15.8. The molecule has 3 fully saturated rings. The maximum atomic E-state index is 6.01. The molecule has 2 heteroatoms. The molecule has 2 saturated carbocycles. The summed E-state index contributed by atoms with van der Waals surface area (Å²) in [6.07, 6.45) is 30.1. The van der Waals surface area contributed by atoms with Crippen molar-refractivity contribution in [2.45, 2.75) is 136 Å². The van der Waals surface area contributed by atoms with Crippen LogP contribution in [-0.4, -0.2) is 19.5 Å². The highest BCUT2D eigenvalue weighted by Crippen LogP contribution is 2.42. The quantitative estimate of drug-likeness (QED) is 0.207. The van der Waals surface area contributed by atoms with Crippen molar-refractivity contribution in [3.05, 3.63) is 12.2 Å². The van der Waals surface area contributed by atoms with Crippen molar-refractivity contribution in [1.82, 2.24) is 0 Å². The van der Waals surface area contributed by atoms with Crippen LogP contribution in [-0.2, 0) is 9.47 Å². The second kappa shape index (κ2) is 15.5. The molecule has 32 heavy (non-hydrogen) atoms. The minimum atomic E-state index is -0.0907. The number of hydrogen-bond donors (Lipinski definition) is 0. The molecule has 186 valence electrons. The summed E-state index contributed by atoms with van der Waals surface area (Å²) in [6, 6.07) is 0. The van der Waals surface area contributed by atoms with Crippen molar-refractivity contribution in [1.29, 1.82) is 0 Å². The first-order valence-corrected chi connectivity index (χ1v) is 14.7. The van der Waals surface area contributed by atoms with Crippen LogP contribution in [0.5, 0.6) is 0 Å². The number of allylic oxidation sites excluding steroid dienone is 1. The van der Waals surface area contributed by atoms with Crippen LogP contribution in [0.15, 0.2) is 12.2 Å². The zero-order chi connectivity index (χ0) is 22.4. The van der Waals surface area contributed by atoms with E-state index >= 15 is 0 Å². The zero-order valence-corrected chi connectivity index (χ0v) is 21.6. The van der Waals surface area contributed by atoms with E-state index in [4.69, 9.17) is 9.47 Å². The third-order valence-electron chi connectivity index (χ3n) is 8.84. The molecule has 1 aliphatic heterocycles. The minimum Gasteiger partial charge on any atom is -0.349 e. The van der Waals surface area contributed by atoms with Crippen LogP contribution in [0.2, 0.25) is 0 Å². The Morgan fingerprint density at radius 2 is 1.09 bits per heavy atom. The standard InChI is InChI=1S/C30H54O2/c1-3-5-7-8-10-12-27-23-31-30(32-24-27)22-17-26-15-20-29(21-16-26)28-18-13-25(14-19-28)11-9-6-4-2/h17,22,25-30H,3-16,18-21,23-24H2,1-2H3/b22-17+. The van der Waals surface area contributed by atoms with Crippen molar-refractivity contribution < 1.29 is 9.47 Å². The Hall–Kier alpha value is -0.340. The summed E-state index contributed by atoms with van der Waals surface area (Å²) in [7, 11) is 0. The first kappa shape index (κ1) is 26.3. The van der Waals surface area contributed by atoms with Gasteiger partial charge in [-0.1, -0.05) is 90.6 Å². The predicted octanol–water partition coefficient (Wildman–Crippen LogP) is 9.09. The Balaban J connectivity index is 1.24. The molecule has 0 aromatic rings. The van der Waals surface area contributed by atoms with Crippen molar-refractivity contribution in [2.75, 3.05) is 13.2 Å². The van der Waals surface area contributed by atoms with E-state index in [-0.39, 0.29) is 6.29 Å². The molecule has 1 heterocycles. The maximum Gasteiger partial charge on any atom is 0.176 e. The summed E-state index contributed by atoms with van der Waals surface area (Å²) >= 11 is 0.